The van der Waals surface area contributed by atoms with Crippen LogP contribution in [0.25, 0.3) is 0 Å². The summed E-state index contributed by atoms with van der Waals surface area (Å²) in [7, 11) is 3.25. The van der Waals surface area contributed by atoms with E-state index in [1.54, 1.807) is 20.4 Å². The van der Waals surface area contributed by atoms with Gasteiger partial charge in [0, 0.05) is 19.4 Å². The fourth-order valence-corrected chi connectivity index (χ4v) is 4.31. The number of nitrogens with zero attached hydrogens (tertiary/aromatic N) is 3. The van der Waals surface area contributed by atoms with E-state index in [0.717, 1.165) is 31.6 Å². The van der Waals surface area contributed by atoms with Crippen LogP contribution in [0.2, 0.25) is 0 Å². The van der Waals surface area contributed by atoms with Crippen molar-refractivity contribution in [2.45, 2.75) is 32.5 Å². The van der Waals surface area contributed by atoms with E-state index in [1.165, 1.54) is 0 Å². The molecule has 0 aliphatic rings. The van der Waals surface area contributed by atoms with Gasteiger partial charge in [0.25, 0.3) is 0 Å². The van der Waals surface area contributed by atoms with Gasteiger partial charge in [0.05, 0.1) is 42.3 Å². The molecule has 0 heterocycles. The summed E-state index contributed by atoms with van der Waals surface area (Å²) in [4.78, 5) is 8.74. The summed E-state index contributed by atoms with van der Waals surface area (Å²) in [6.45, 7) is 3.97. The molecule has 0 aliphatic carbocycles. The van der Waals surface area contributed by atoms with Crippen molar-refractivity contribution in [1.82, 2.24) is 16.3 Å². The number of hydrazone groups is 1. The molecule has 14 heteroatoms. The van der Waals surface area contributed by atoms with E-state index < -0.39 is 0 Å². The molecule has 0 saturated carbocycles. The summed E-state index contributed by atoms with van der Waals surface area (Å²) < 4.78 is 17.7. The minimum Gasteiger partial charge on any atom is -0.742 e. The number of benzene rings is 2. The fraction of sp³-hybridized carbons (Fsp3) is 0.375. The summed E-state index contributed by atoms with van der Waals surface area (Å²) in [6, 6.07) is 11.3. The van der Waals surface area contributed by atoms with E-state index >= 15 is 0 Å². The van der Waals surface area contributed by atoms with Crippen LogP contribution in [0.15, 0.2) is 60.4 Å². The van der Waals surface area contributed by atoms with Gasteiger partial charge in [0.1, 0.15) is 11.5 Å². The van der Waals surface area contributed by atoms with Gasteiger partial charge in [-0.25, -0.2) is 5.43 Å². The van der Waals surface area contributed by atoms with Crippen LogP contribution in [0.1, 0.15) is 24.5 Å². The topological polar surface area (TPSA) is 101 Å². The molecule has 1 unspecified atom stereocenters. The second-order valence-corrected chi connectivity index (χ2v) is 9.91. The maximum atomic E-state index is 5.47. The summed E-state index contributed by atoms with van der Waals surface area (Å²) in [5.41, 5.74) is 10.8. The van der Waals surface area contributed by atoms with Crippen molar-refractivity contribution in [2.75, 3.05) is 27.4 Å². The van der Waals surface area contributed by atoms with Crippen LogP contribution in [-0.2, 0) is 60.2 Å². The minimum atomic E-state index is -0.192. The Balaban J connectivity index is 0.00000722. The maximum Gasteiger partial charge on any atom is 2.00 e. The van der Waals surface area contributed by atoms with Crippen LogP contribution in [0.3, 0.4) is 0 Å². The Kier molecular flexibility index (Phi) is 17.7. The fourth-order valence-electron chi connectivity index (χ4n) is 2.89. The molecule has 211 valence electrons. The van der Waals surface area contributed by atoms with Gasteiger partial charge in [-0.2, -0.15) is 5.10 Å². The first kappa shape index (κ1) is 34.5. The summed E-state index contributed by atoms with van der Waals surface area (Å²) in [6.07, 6.45) is 2.34. The van der Waals surface area contributed by atoms with Crippen molar-refractivity contribution >= 4 is 73.7 Å². The number of methoxy groups -OCH3 is 2. The Morgan fingerprint density at radius 2 is 1.50 bits per heavy atom. The van der Waals surface area contributed by atoms with Crippen molar-refractivity contribution in [3.8, 4) is 11.5 Å². The monoisotopic (exact) mass is 735 g/mol. The molecule has 0 aromatic heterocycles. The van der Waals surface area contributed by atoms with E-state index in [2.05, 4.69) is 63.2 Å². The number of hydrogen-bond acceptors (Lipinski definition) is 9. The van der Waals surface area contributed by atoms with Gasteiger partial charge in [-0.05, 0) is 90.9 Å². The second kappa shape index (κ2) is 19.5. The van der Waals surface area contributed by atoms with Crippen LogP contribution in [-0.4, -0.2) is 50.0 Å². The smallest absolute Gasteiger partial charge is 0.742 e. The molecule has 9 nitrogen and oxygen atoms in total. The van der Waals surface area contributed by atoms with Gasteiger partial charge in [-0.1, -0.05) is 12.1 Å². The Morgan fingerprint density at radius 3 is 2.00 bits per heavy atom. The zero-order chi connectivity index (χ0) is 27.0. The van der Waals surface area contributed by atoms with Gasteiger partial charge < -0.3 is 44.9 Å². The minimum absolute atomic E-state index is 0. The van der Waals surface area contributed by atoms with E-state index in [4.69, 9.17) is 39.5 Å². The largest absolute Gasteiger partial charge is 2.00 e. The Hall–Kier alpha value is -1.51. The quantitative estimate of drug-likeness (QED) is 0.0664. The van der Waals surface area contributed by atoms with Crippen LogP contribution < -0.4 is 25.8 Å². The number of ether oxygens (including phenoxy) is 3. The van der Waals surface area contributed by atoms with Gasteiger partial charge in [-0.3, -0.25) is 15.4 Å². The van der Waals surface area contributed by atoms with Gasteiger partial charge >= 0.3 is 17.1 Å². The Bertz CT molecular complexity index is 1100. The second-order valence-electron chi connectivity index (χ2n) is 7.43. The summed E-state index contributed by atoms with van der Waals surface area (Å²) >= 11 is 17.5. The van der Waals surface area contributed by atoms with E-state index in [-0.39, 0.29) is 28.3 Å². The predicted octanol–water partition coefficient (Wildman–Crippen LogP) is 4.20. The molecule has 0 bridgehead atoms. The van der Waals surface area contributed by atoms with E-state index in [9.17, 15) is 0 Å². The number of rotatable bonds is 14. The summed E-state index contributed by atoms with van der Waals surface area (Å²) in [5.74, 6) is 1.52. The summed E-state index contributed by atoms with van der Waals surface area (Å²) in [5, 5.41) is 4.82. The predicted molar refractivity (Wildman–Crippen MR) is 161 cm³/mol. The molecule has 0 fully saturated rings. The SMILES string of the molecule is CCOCCC(C=NNC([S-])=NCc1ccc(OC)c(Br)c1)NNC([S-])=NCc1ccc(OC)c(Br)c1.[Cu+2]. The van der Waals surface area contributed by atoms with Crippen molar-refractivity contribution in [3.05, 3.63) is 56.5 Å². The maximum absolute atomic E-state index is 5.47. The van der Waals surface area contributed by atoms with Gasteiger partial charge in [0.2, 0.25) is 0 Å². The third kappa shape index (κ3) is 13.0. The van der Waals surface area contributed by atoms with Crippen molar-refractivity contribution in [2.24, 2.45) is 15.1 Å². The van der Waals surface area contributed by atoms with Gasteiger partial charge in [0.15, 0.2) is 0 Å². The molecule has 0 aliphatic heterocycles. The molecule has 1 atom stereocenters. The number of halogens is 2. The van der Waals surface area contributed by atoms with Gasteiger partial charge in [-0.15, -0.1) is 0 Å². The average molecular weight is 738 g/mol. The molecule has 2 aromatic carbocycles. The standard InChI is InChI=1S/C24H32Br2N6O3S2.Cu/c1-4-35-10-9-18(30-32-24(37)28-14-17-6-8-22(34-3)20(26)12-17)15-29-31-23(36)27-13-16-5-7-21(33-2)19(25)11-16;/h5-8,11-12,15,18,30H,4,9-10,13-14H2,1-3H3,(H2,27,31,36)(H2,28,32,37);/q;+2/p-2. The number of hydrogen-bond donors (Lipinski definition) is 3. The molecule has 2 rings (SSSR count). The van der Waals surface area contributed by atoms with E-state index in [1.807, 2.05) is 43.3 Å². The molecule has 1 radical (unpaired) electrons. The number of aliphatic imine (C=N–C) groups is 2. The van der Waals surface area contributed by atoms with Crippen molar-refractivity contribution in [3.63, 3.8) is 0 Å². The van der Waals surface area contributed by atoms with E-state index in [0.29, 0.717) is 37.9 Å². The van der Waals surface area contributed by atoms with Crippen LogP contribution in [0, 0.1) is 0 Å². The number of hydrazine groups is 1. The molecule has 2 aromatic rings. The average Bonchev–Trinajstić information content (AvgIpc) is 2.89. The van der Waals surface area contributed by atoms with Crippen LogP contribution >= 0.6 is 31.9 Å². The molecule has 0 amide bonds. The first-order valence-electron chi connectivity index (χ1n) is 11.3. The molecule has 3 N–H and O–H groups in total. The number of amidine groups is 2. The molecule has 0 saturated heterocycles. The van der Waals surface area contributed by atoms with Crippen molar-refractivity contribution < 1.29 is 31.3 Å². The van der Waals surface area contributed by atoms with Crippen LogP contribution in [0.5, 0.6) is 11.5 Å². The zero-order valence-electron chi connectivity index (χ0n) is 21.1. The molecule has 38 heavy (non-hydrogen) atoms. The Labute approximate surface area is 262 Å². The zero-order valence-corrected chi connectivity index (χ0v) is 26.8. The molecule has 0 spiro atoms. The normalized spacial score (nSPS) is 12.7. The Morgan fingerprint density at radius 1 is 0.947 bits per heavy atom. The molecular weight excluding hydrogens is 708 g/mol. The first-order valence-corrected chi connectivity index (χ1v) is 13.7. The number of nitrogens with one attached hydrogen (secondary N) is 3. The molecular formula is C24H30Br2CuN6O3S2. The van der Waals surface area contributed by atoms with Crippen molar-refractivity contribution in [1.29, 1.82) is 0 Å². The first-order chi connectivity index (χ1) is 17.9. The third-order valence-electron chi connectivity index (χ3n) is 4.80. The third-order valence-corrected chi connectivity index (χ3v) is 6.49. The van der Waals surface area contributed by atoms with Crippen LogP contribution in [0.4, 0.5) is 0 Å².